The predicted octanol–water partition coefficient (Wildman–Crippen LogP) is 2.65. The summed E-state index contributed by atoms with van der Waals surface area (Å²) in [7, 11) is 0. The van der Waals surface area contributed by atoms with Crippen LogP contribution in [0.2, 0.25) is 5.02 Å². The van der Waals surface area contributed by atoms with Crippen molar-refractivity contribution in [2.45, 2.75) is 13.3 Å². The molecule has 3 N–H and O–H groups in total. The molecular formula is C10H14BrClN4. The number of pyridine rings is 1. The minimum atomic E-state index is 0.173. The number of anilines is 1. The van der Waals surface area contributed by atoms with Gasteiger partial charge in [0.1, 0.15) is 5.82 Å². The van der Waals surface area contributed by atoms with Gasteiger partial charge in [0, 0.05) is 30.2 Å². The second-order valence-corrected chi connectivity index (χ2v) is 4.64. The Kier molecular flexibility index (Phi) is 5.02. The Hall–Kier alpha value is -0.810. The van der Waals surface area contributed by atoms with Gasteiger partial charge in [-0.1, -0.05) is 11.6 Å². The molecule has 0 atom stereocenters. The first-order valence-corrected chi connectivity index (χ1v) is 6.10. The Labute approximate surface area is 108 Å². The van der Waals surface area contributed by atoms with Gasteiger partial charge in [-0.15, -0.1) is 0 Å². The topological polar surface area (TPSA) is 66.0 Å². The molecule has 1 aromatic heterocycles. The van der Waals surface area contributed by atoms with E-state index in [0.717, 1.165) is 16.8 Å². The molecule has 0 aromatic carbocycles. The third kappa shape index (κ3) is 3.64. The summed E-state index contributed by atoms with van der Waals surface area (Å²) in [6.45, 7) is 3.45. The summed E-state index contributed by atoms with van der Waals surface area (Å²) in [5.74, 6) is 0.903. The molecule has 0 spiro atoms. The third-order valence-electron chi connectivity index (χ3n) is 2.12. The Bertz CT molecular complexity index is 383. The van der Waals surface area contributed by atoms with Crippen LogP contribution in [0.3, 0.4) is 0 Å². The number of nitrogens with two attached hydrogens (primary N) is 1. The summed E-state index contributed by atoms with van der Waals surface area (Å²) in [4.78, 5) is 6.26. The van der Waals surface area contributed by atoms with Crippen molar-refractivity contribution in [3.05, 3.63) is 21.8 Å². The molecule has 0 saturated heterocycles. The maximum absolute atomic E-state index is 7.20. The van der Waals surface area contributed by atoms with Crippen LogP contribution in [0.4, 0.5) is 5.82 Å². The standard InChI is InChI=1S/C10H14BrClN4/c1-2-16(4-3-9(13)14)10-8(12)5-7(11)6-15-10/h5-6H,2-4H2,1H3,(H3,13,14). The highest BCUT2D eigenvalue weighted by Gasteiger charge is 2.10. The fourth-order valence-electron chi connectivity index (χ4n) is 1.31. The van der Waals surface area contributed by atoms with Crippen molar-refractivity contribution in [1.29, 1.82) is 5.41 Å². The van der Waals surface area contributed by atoms with Gasteiger partial charge in [0.15, 0.2) is 0 Å². The van der Waals surface area contributed by atoms with Crippen molar-refractivity contribution < 1.29 is 0 Å². The largest absolute Gasteiger partial charge is 0.388 e. The zero-order valence-electron chi connectivity index (χ0n) is 9.00. The summed E-state index contributed by atoms with van der Waals surface area (Å²) in [5, 5.41) is 7.80. The highest BCUT2D eigenvalue weighted by Crippen LogP contribution is 2.26. The number of nitrogens with one attached hydrogen (secondary N) is 1. The highest BCUT2D eigenvalue weighted by atomic mass is 79.9. The van der Waals surface area contributed by atoms with Gasteiger partial charge in [-0.25, -0.2) is 4.98 Å². The van der Waals surface area contributed by atoms with Crippen LogP contribution in [-0.2, 0) is 0 Å². The lowest BCUT2D eigenvalue weighted by Gasteiger charge is -2.22. The molecule has 0 aliphatic rings. The number of amidine groups is 1. The van der Waals surface area contributed by atoms with Crippen molar-refractivity contribution in [3.8, 4) is 0 Å². The molecule has 1 heterocycles. The molecule has 0 aliphatic carbocycles. The van der Waals surface area contributed by atoms with Gasteiger partial charge in [-0.2, -0.15) is 0 Å². The van der Waals surface area contributed by atoms with Gasteiger partial charge in [0.05, 0.1) is 10.9 Å². The van der Waals surface area contributed by atoms with Gasteiger partial charge in [-0.05, 0) is 28.9 Å². The lowest BCUT2D eigenvalue weighted by atomic mass is 10.3. The Balaban J connectivity index is 2.82. The summed E-state index contributed by atoms with van der Waals surface area (Å²) in [6.07, 6.45) is 2.22. The number of nitrogens with zero attached hydrogens (tertiary/aromatic N) is 2. The van der Waals surface area contributed by atoms with Gasteiger partial charge in [0.25, 0.3) is 0 Å². The molecule has 88 valence electrons. The molecule has 1 rings (SSSR count). The van der Waals surface area contributed by atoms with Gasteiger partial charge >= 0.3 is 0 Å². The molecule has 0 bridgehead atoms. The molecule has 0 fully saturated rings. The fourth-order valence-corrected chi connectivity index (χ4v) is 2.06. The van der Waals surface area contributed by atoms with E-state index in [2.05, 4.69) is 20.9 Å². The van der Waals surface area contributed by atoms with Crippen LogP contribution in [0, 0.1) is 5.41 Å². The van der Waals surface area contributed by atoms with Gasteiger partial charge in [-0.3, -0.25) is 5.41 Å². The smallest absolute Gasteiger partial charge is 0.147 e. The van der Waals surface area contributed by atoms with Gasteiger partial charge < -0.3 is 10.6 Å². The molecule has 6 heteroatoms. The first-order chi connectivity index (χ1) is 7.54. The number of halogens is 2. The molecule has 0 unspecified atom stereocenters. The maximum atomic E-state index is 7.20. The van der Waals surface area contributed by atoms with E-state index < -0.39 is 0 Å². The quantitative estimate of drug-likeness (QED) is 0.649. The van der Waals surface area contributed by atoms with E-state index in [1.165, 1.54) is 0 Å². The fraction of sp³-hybridized carbons (Fsp3) is 0.400. The average molecular weight is 306 g/mol. The second kappa shape index (κ2) is 6.06. The maximum Gasteiger partial charge on any atom is 0.147 e. The second-order valence-electron chi connectivity index (χ2n) is 3.31. The van der Waals surface area contributed by atoms with E-state index in [9.17, 15) is 0 Å². The van der Waals surface area contributed by atoms with Crippen LogP contribution < -0.4 is 10.6 Å². The predicted molar refractivity (Wildman–Crippen MR) is 71.4 cm³/mol. The normalized spacial score (nSPS) is 10.2. The average Bonchev–Trinajstić information content (AvgIpc) is 2.21. The molecule has 0 radical (unpaired) electrons. The van der Waals surface area contributed by atoms with E-state index in [-0.39, 0.29) is 5.84 Å². The lowest BCUT2D eigenvalue weighted by molar-refractivity contribution is 0.814. The van der Waals surface area contributed by atoms with E-state index >= 15 is 0 Å². The zero-order valence-corrected chi connectivity index (χ0v) is 11.3. The van der Waals surface area contributed by atoms with Crippen molar-refractivity contribution >= 4 is 39.2 Å². The summed E-state index contributed by atoms with van der Waals surface area (Å²) in [5.41, 5.74) is 5.33. The van der Waals surface area contributed by atoms with Crippen molar-refractivity contribution in [1.82, 2.24) is 4.98 Å². The summed E-state index contributed by atoms with van der Waals surface area (Å²) < 4.78 is 0.851. The van der Waals surface area contributed by atoms with Crippen LogP contribution >= 0.6 is 27.5 Å². The first kappa shape index (κ1) is 13.3. The van der Waals surface area contributed by atoms with Crippen molar-refractivity contribution in [2.24, 2.45) is 5.73 Å². The van der Waals surface area contributed by atoms with E-state index in [1.54, 1.807) is 12.3 Å². The summed E-state index contributed by atoms with van der Waals surface area (Å²) in [6, 6.07) is 1.81. The molecule has 4 nitrogen and oxygen atoms in total. The Morgan fingerprint density at radius 2 is 2.38 bits per heavy atom. The minimum absolute atomic E-state index is 0.173. The van der Waals surface area contributed by atoms with E-state index in [4.69, 9.17) is 22.7 Å². The van der Waals surface area contributed by atoms with Crippen LogP contribution in [0.1, 0.15) is 13.3 Å². The van der Waals surface area contributed by atoms with E-state index in [1.807, 2.05) is 11.8 Å². The zero-order chi connectivity index (χ0) is 12.1. The summed E-state index contributed by atoms with van der Waals surface area (Å²) >= 11 is 9.41. The number of hydrogen-bond donors (Lipinski definition) is 2. The van der Waals surface area contributed by atoms with Crippen LogP contribution in [0.25, 0.3) is 0 Å². The SMILES string of the molecule is CCN(CCC(=N)N)c1ncc(Br)cc1Cl. The lowest BCUT2D eigenvalue weighted by Crippen LogP contribution is -2.28. The molecule has 0 amide bonds. The number of hydrogen-bond acceptors (Lipinski definition) is 3. The molecular weight excluding hydrogens is 291 g/mol. The van der Waals surface area contributed by atoms with E-state index in [0.29, 0.717) is 18.0 Å². The van der Waals surface area contributed by atoms with Crippen molar-refractivity contribution in [2.75, 3.05) is 18.0 Å². The third-order valence-corrected chi connectivity index (χ3v) is 2.83. The molecule has 0 saturated carbocycles. The van der Waals surface area contributed by atoms with Crippen LogP contribution in [0.15, 0.2) is 16.7 Å². The van der Waals surface area contributed by atoms with Gasteiger partial charge in [0.2, 0.25) is 0 Å². The monoisotopic (exact) mass is 304 g/mol. The van der Waals surface area contributed by atoms with Crippen LogP contribution in [0.5, 0.6) is 0 Å². The highest BCUT2D eigenvalue weighted by molar-refractivity contribution is 9.10. The minimum Gasteiger partial charge on any atom is -0.388 e. The Morgan fingerprint density at radius 1 is 1.69 bits per heavy atom. The molecule has 1 aromatic rings. The number of rotatable bonds is 5. The number of aromatic nitrogens is 1. The molecule has 16 heavy (non-hydrogen) atoms. The Morgan fingerprint density at radius 3 is 2.88 bits per heavy atom. The van der Waals surface area contributed by atoms with Crippen LogP contribution in [-0.4, -0.2) is 23.9 Å². The first-order valence-electron chi connectivity index (χ1n) is 4.93. The van der Waals surface area contributed by atoms with Crippen molar-refractivity contribution in [3.63, 3.8) is 0 Å². The molecule has 0 aliphatic heterocycles.